The molecule has 0 N–H and O–H groups in total. The number of hydrogen-bond donors (Lipinski definition) is 0. The summed E-state index contributed by atoms with van der Waals surface area (Å²) in [6.07, 6.45) is 0.323. The fourth-order valence-corrected chi connectivity index (χ4v) is 4.34. The number of piperazine rings is 1. The van der Waals surface area contributed by atoms with Crippen LogP contribution in [0.5, 0.6) is 0 Å². The Balaban J connectivity index is 1.29. The molecular weight excluding hydrogens is 380 g/mol. The molecule has 1 aromatic heterocycles. The molecule has 30 heavy (non-hydrogen) atoms. The third-order valence-corrected chi connectivity index (χ3v) is 6.30. The molecule has 1 atom stereocenters. The Labute approximate surface area is 177 Å². The lowest BCUT2D eigenvalue weighted by Crippen LogP contribution is -2.50. The highest BCUT2D eigenvalue weighted by molar-refractivity contribution is 5.89. The van der Waals surface area contributed by atoms with Gasteiger partial charge in [0.2, 0.25) is 11.8 Å². The molecule has 2 amide bonds. The lowest BCUT2D eigenvalue weighted by atomic mass is 10.1. The number of carbonyl (C=O) groups is 2. The molecule has 7 nitrogen and oxygen atoms in total. The van der Waals surface area contributed by atoms with Crippen LogP contribution in [0.4, 0.5) is 0 Å². The Morgan fingerprint density at radius 3 is 2.40 bits per heavy atom. The lowest BCUT2D eigenvalue weighted by molar-refractivity contribution is -0.137. The van der Waals surface area contributed by atoms with Crippen molar-refractivity contribution in [1.82, 2.24) is 19.9 Å². The zero-order valence-electron chi connectivity index (χ0n) is 18.1. The van der Waals surface area contributed by atoms with Crippen LogP contribution in [0.1, 0.15) is 34.6 Å². The molecule has 2 aliphatic heterocycles. The molecule has 3 heterocycles. The topological polar surface area (TPSA) is 69.9 Å². The van der Waals surface area contributed by atoms with Crippen LogP contribution in [0.15, 0.2) is 28.8 Å². The van der Waals surface area contributed by atoms with E-state index in [1.807, 2.05) is 30.6 Å². The number of aromatic nitrogens is 1. The van der Waals surface area contributed by atoms with E-state index in [1.54, 1.807) is 0 Å². The lowest BCUT2D eigenvalue weighted by Gasteiger charge is -2.35. The Hall–Kier alpha value is -2.67. The predicted molar refractivity (Wildman–Crippen MR) is 113 cm³/mol. The number of aryl methyl sites for hydroxylation is 3. The van der Waals surface area contributed by atoms with Crippen molar-refractivity contribution in [1.29, 1.82) is 0 Å². The Kier molecular flexibility index (Phi) is 5.90. The fraction of sp³-hybridized carbons (Fsp3) is 0.522. The summed E-state index contributed by atoms with van der Waals surface area (Å²) in [4.78, 5) is 31.6. The molecule has 0 bridgehead atoms. The van der Waals surface area contributed by atoms with E-state index in [1.165, 1.54) is 5.56 Å². The first-order chi connectivity index (χ1) is 14.4. The van der Waals surface area contributed by atoms with Crippen LogP contribution in [0.2, 0.25) is 0 Å². The van der Waals surface area contributed by atoms with Crippen LogP contribution in [0.3, 0.4) is 0 Å². The fourth-order valence-electron chi connectivity index (χ4n) is 4.34. The molecule has 2 aliphatic rings. The van der Waals surface area contributed by atoms with Gasteiger partial charge in [-0.3, -0.25) is 14.5 Å². The van der Waals surface area contributed by atoms with E-state index in [0.717, 1.165) is 42.2 Å². The van der Waals surface area contributed by atoms with Gasteiger partial charge >= 0.3 is 0 Å². The number of carbonyl (C=O) groups excluding carboxylic acids is 2. The summed E-state index contributed by atoms with van der Waals surface area (Å²) in [7, 11) is 0. The van der Waals surface area contributed by atoms with Crippen molar-refractivity contribution < 1.29 is 14.1 Å². The number of benzene rings is 1. The maximum atomic E-state index is 13.0. The minimum atomic E-state index is -0.225. The monoisotopic (exact) mass is 410 g/mol. The summed E-state index contributed by atoms with van der Waals surface area (Å²) in [6, 6.07) is 8.22. The number of amides is 2. The van der Waals surface area contributed by atoms with Gasteiger partial charge in [-0.25, -0.2) is 0 Å². The summed E-state index contributed by atoms with van der Waals surface area (Å²) < 4.78 is 5.25. The molecule has 7 heteroatoms. The smallest absolute Gasteiger partial charge is 0.228 e. The first kappa shape index (κ1) is 20.6. The van der Waals surface area contributed by atoms with Gasteiger partial charge in [0.1, 0.15) is 5.76 Å². The normalized spacial score (nSPS) is 20.2. The molecule has 1 unspecified atom stereocenters. The summed E-state index contributed by atoms with van der Waals surface area (Å²) in [5.74, 6) is 0.832. The first-order valence-corrected chi connectivity index (χ1v) is 10.7. The van der Waals surface area contributed by atoms with Crippen molar-refractivity contribution in [2.45, 2.75) is 40.3 Å². The molecule has 0 aliphatic carbocycles. The van der Waals surface area contributed by atoms with Gasteiger partial charge in [0, 0.05) is 57.8 Å². The Morgan fingerprint density at radius 2 is 1.77 bits per heavy atom. The van der Waals surface area contributed by atoms with Crippen molar-refractivity contribution in [2.24, 2.45) is 5.92 Å². The third kappa shape index (κ3) is 4.41. The minimum Gasteiger partial charge on any atom is -0.361 e. The van der Waals surface area contributed by atoms with Crippen molar-refractivity contribution in [3.8, 4) is 0 Å². The van der Waals surface area contributed by atoms with Gasteiger partial charge in [-0.1, -0.05) is 35.0 Å². The number of likely N-dealkylation sites (tertiary alicyclic amines) is 1. The van der Waals surface area contributed by atoms with E-state index >= 15 is 0 Å². The van der Waals surface area contributed by atoms with Crippen LogP contribution in [0.25, 0.3) is 0 Å². The van der Waals surface area contributed by atoms with Gasteiger partial charge in [0.15, 0.2) is 0 Å². The van der Waals surface area contributed by atoms with Crippen molar-refractivity contribution in [3.05, 3.63) is 52.4 Å². The van der Waals surface area contributed by atoms with E-state index in [-0.39, 0.29) is 17.7 Å². The zero-order chi connectivity index (χ0) is 21.3. The third-order valence-electron chi connectivity index (χ3n) is 6.30. The molecule has 2 saturated heterocycles. The van der Waals surface area contributed by atoms with E-state index < -0.39 is 0 Å². The van der Waals surface area contributed by atoms with Gasteiger partial charge in [0.05, 0.1) is 11.6 Å². The second kappa shape index (κ2) is 8.60. The van der Waals surface area contributed by atoms with Gasteiger partial charge in [0.25, 0.3) is 0 Å². The van der Waals surface area contributed by atoms with Crippen LogP contribution in [-0.2, 0) is 22.7 Å². The van der Waals surface area contributed by atoms with Crippen LogP contribution < -0.4 is 0 Å². The van der Waals surface area contributed by atoms with Crippen LogP contribution >= 0.6 is 0 Å². The molecule has 4 rings (SSSR count). The average Bonchev–Trinajstić information content (AvgIpc) is 3.26. The van der Waals surface area contributed by atoms with Gasteiger partial charge in [-0.2, -0.15) is 0 Å². The SMILES string of the molecule is Cc1ccc(CN2CC(C(=O)N3CCN(Cc4c(C)noc4C)CC3)CC2=O)cc1. The predicted octanol–water partition coefficient (Wildman–Crippen LogP) is 2.29. The zero-order valence-corrected chi connectivity index (χ0v) is 18.1. The number of rotatable bonds is 5. The van der Waals surface area contributed by atoms with Crippen molar-refractivity contribution >= 4 is 11.8 Å². The summed E-state index contributed by atoms with van der Waals surface area (Å²) in [5.41, 5.74) is 4.38. The maximum absolute atomic E-state index is 13.0. The van der Waals surface area contributed by atoms with E-state index in [0.29, 0.717) is 32.6 Å². The molecule has 160 valence electrons. The Bertz CT molecular complexity index is 894. The molecule has 0 saturated carbocycles. The van der Waals surface area contributed by atoms with Gasteiger partial charge in [-0.15, -0.1) is 0 Å². The van der Waals surface area contributed by atoms with E-state index in [9.17, 15) is 9.59 Å². The Morgan fingerprint density at radius 1 is 1.07 bits per heavy atom. The summed E-state index contributed by atoms with van der Waals surface area (Å²) in [5, 5.41) is 4.02. The van der Waals surface area contributed by atoms with Crippen LogP contribution in [0, 0.1) is 26.7 Å². The average molecular weight is 411 g/mol. The van der Waals surface area contributed by atoms with E-state index in [2.05, 4.69) is 34.3 Å². The van der Waals surface area contributed by atoms with Gasteiger partial charge in [-0.05, 0) is 26.3 Å². The van der Waals surface area contributed by atoms with E-state index in [4.69, 9.17) is 4.52 Å². The standard InChI is InChI=1S/C23H30N4O3/c1-16-4-6-19(7-5-16)13-27-14-20(12-22(27)28)23(29)26-10-8-25(9-11-26)15-21-17(2)24-30-18(21)3/h4-7,20H,8-15H2,1-3H3. The largest absolute Gasteiger partial charge is 0.361 e. The molecule has 0 spiro atoms. The summed E-state index contributed by atoms with van der Waals surface area (Å²) >= 11 is 0. The van der Waals surface area contributed by atoms with Crippen LogP contribution in [-0.4, -0.2) is 64.4 Å². The second-order valence-corrected chi connectivity index (χ2v) is 8.57. The number of nitrogens with zero attached hydrogens (tertiary/aromatic N) is 4. The number of hydrogen-bond acceptors (Lipinski definition) is 5. The molecule has 0 radical (unpaired) electrons. The second-order valence-electron chi connectivity index (χ2n) is 8.57. The highest BCUT2D eigenvalue weighted by Gasteiger charge is 2.37. The van der Waals surface area contributed by atoms with Gasteiger partial charge < -0.3 is 14.3 Å². The maximum Gasteiger partial charge on any atom is 0.228 e. The first-order valence-electron chi connectivity index (χ1n) is 10.7. The highest BCUT2D eigenvalue weighted by atomic mass is 16.5. The molecule has 2 aromatic rings. The minimum absolute atomic E-state index is 0.0750. The van der Waals surface area contributed by atoms with Crippen molar-refractivity contribution in [2.75, 3.05) is 32.7 Å². The molecular formula is C23H30N4O3. The summed E-state index contributed by atoms with van der Waals surface area (Å²) in [6.45, 7) is 10.9. The van der Waals surface area contributed by atoms with Crippen molar-refractivity contribution in [3.63, 3.8) is 0 Å². The highest BCUT2D eigenvalue weighted by Crippen LogP contribution is 2.23. The molecule has 1 aromatic carbocycles. The molecule has 2 fully saturated rings. The quantitative estimate of drug-likeness (QED) is 0.757.